The number of imide groups is 1. The summed E-state index contributed by atoms with van der Waals surface area (Å²) in [7, 11) is 1.55. The summed E-state index contributed by atoms with van der Waals surface area (Å²) in [5.74, 6) is -0.114. The van der Waals surface area contributed by atoms with Gasteiger partial charge in [-0.25, -0.2) is 4.79 Å². The molecule has 1 aliphatic heterocycles. The molecule has 4 amide bonds. The second-order valence-electron chi connectivity index (χ2n) is 7.14. The van der Waals surface area contributed by atoms with Crippen LogP contribution in [0.4, 0.5) is 4.79 Å². The van der Waals surface area contributed by atoms with Gasteiger partial charge in [-0.2, -0.15) is 4.98 Å². The lowest BCUT2D eigenvalue weighted by Gasteiger charge is -2.22. The first kappa shape index (κ1) is 20.1. The maximum absolute atomic E-state index is 13.1. The first-order valence-electron chi connectivity index (χ1n) is 9.33. The highest BCUT2D eigenvalue weighted by molar-refractivity contribution is 6.07. The number of carbonyl (C=O) groups excluding carboxylic acids is 3. The van der Waals surface area contributed by atoms with Crippen molar-refractivity contribution in [1.82, 2.24) is 20.4 Å². The second kappa shape index (κ2) is 7.56. The average Bonchev–Trinajstić information content (AvgIpc) is 3.33. The lowest BCUT2D eigenvalue weighted by molar-refractivity contribution is -0.131. The van der Waals surface area contributed by atoms with Crippen LogP contribution in [0.3, 0.4) is 0 Å². The molecule has 4 rings (SSSR count). The maximum Gasteiger partial charge on any atom is 0.325 e. The van der Waals surface area contributed by atoms with Crippen molar-refractivity contribution in [3.05, 3.63) is 65.5 Å². The van der Waals surface area contributed by atoms with Crippen LogP contribution in [0, 0.1) is 0 Å². The Hall–Kier alpha value is -4.21. The molecule has 3 aromatic rings. The fourth-order valence-electron chi connectivity index (χ4n) is 3.35. The van der Waals surface area contributed by atoms with Crippen molar-refractivity contribution in [1.29, 1.82) is 0 Å². The first-order chi connectivity index (χ1) is 14.8. The topological polar surface area (TPSA) is 141 Å². The van der Waals surface area contributed by atoms with Crippen molar-refractivity contribution in [2.75, 3.05) is 7.11 Å². The van der Waals surface area contributed by atoms with Crippen molar-refractivity contribution >= 4 is 17.8 Å². The van der Waals surface area contributed by atoms with Crippen LogP contribution in [0.15, 0.2) is 53.1 Å². The Balaban J connectivity index is 1.57. The van der Waals surface area contributed by atoms with Crippen LogP contribution in [-0.2, 0) is 16.9 Å². The number of benzene rings is 2. The van der Waals surface area contributed by atoms with Gasteiger partial charge in [-0.3, -0.25) is 14.5 Å². The summed E-state index contributed by atoms with van der Waals surface area (Å²) in [6, 6.07) is 12.7. The minimum atomic E-state index is -1.36. The molecule has 0 spiro atoms. The largest absolute Gasteiger partial charge is 0.497 e. The number of nitrogens with zero attached hydrogens (tertiary/aromatic N) is 3. The molecule has 10 nitrogen and oxygen atoms in total. The van der Waals surface area contributed by atoms with Gasteiger partial charge in [0.05, 0.1) is 7.11 Å². The zero-order chi connectivity index (χ0) is 22.2. The number of urea groups is 1. The molecule has 0 bridgehead atoms. The molecule has 1 atom stereocenters. The van der Waals surface area contributed by atoms with Gasteiger partial charge in [0.1, 0.15) is 17.8 Å². The fourth-order valence-corrected chi connectivity index (χ4v) is 3.35. The van der Waals surface area contributed by atoms with E-state index in [-0.39, 0.29) is 18.0 Å². The number of carbonyl (C=O) groups is 3. The highest BCUT2D eigenvalue weighted by Crippen LogP contribution is 2.30. The standard InChI is InChI=1S/C21H19N5O5/c1-21(14-7-3-5-12(9-14)17(22)27)19(28)26(20(29)24-21)11-16-23-18(25-31-16)13-6-4-8-15(10-13)30-2/h3-10H,11H2,1-2H3,(H2,22,27)(H,24,29). The molecule has 2 aromatic carbocycles. The predicted molar refractivity (Wildman–Crippen MR) is 108 cm³/mol. The van der Waals surface area contributed by atoms with Crippen LogP contribution < -0.4 is 15.8 Å². The Morgan fingerprint density at radius 1 is 1.23 bits per heavy atom. The normalized spacial score (nSPS) is 18.2. The summed E-state index contributed by atoms with van der Waals surface area (Å²) in [5, 5.41) is 6.58. The third-order valence-corrected chi connectivity index (χ3v) is 5.09. The zero-order valence-corrected chi connectivity index (χ0v) is 16.8. The molecule has 0 saturated carbocycles. The molecule has 1 aliphatic rings. The molecular formula is C21H19N5O5. The van der Waals surface area contributed by atoms with E-state index >= 15 is 0 Å². The monoisotopic (exact) mass is 421 g/mol. The van der Waals surface area contributed by atoms with Crippen LogP contribution in [0.25, 0.3) is 11.4 Å². The van der Waals surface area contributed by atoms with Gasteiger partial charge in [-0.05, 0) is 36.8 Å². The number of amides is 4. The number of rotatable bonds is 6. The number of hydrogen-bond acceptors (Lipinski definition) is 7. The highest BCUT2D eigenvalue weighted by atomic mass is 16.5. The molecule has 158 valence electrons. The van der Waals surface area contributed by atoms with E-state index in [0.717, 1.165) is 4.90 Å². The van der Waals surface area contributed by atoms with Crippen LogP contribution in [0.2, 0.25) is 0 Å². The van der Waals surface area contributed by atoms with E-state index < -0.39 is 23.4 Å². The van der Waals surface area contributed by atoms with E-state index in [1.54, 1.807) is 50.4 Å². The van der Waals surface area contributed by atoms with Crippen molar-refractivity contribution in [2.24, 2.45) is 5.73 Å². The van der Waals surface area contributed by atoms with E-state index in [2.05, 4.69) is 15.5 Å². The van der Waals surface area contributed by atoms with E-state index in [4.69, 9.17) is 15.0 Å². The van der Waals surface area contributed by atoms with Crippen LogP contribution in [-0.4, -0.2) is 40.0 Å². The quantitative estimate of drug-likeness (QED) is 0.578. The molecule has 0 aliphatic carbocycles. The molecule has 0 radical (unpaired) electrons. The summed E-state index contributed by atoms with van der Waals surface area (Å²) in [5.41, 5.74) is 5.30. The van der Waals surface area contributed by atoms with Crippen molar-refractivity contribution in [3.63, 3.8) is 0 Å². The molecule has 10 heteroatoms. The SMILES string of the molecule is COc1cccc(-c2noc(CN3C(=O)NC(C)(c4cccc(C(N)=O)c4)C3=O)n2)c1. The fraction of sp³-hybridized carbons (Fsp3) is 0.190. The number of methoxy groups -OCH3 is 1. The van der Waals surface area contributed by atoms with Gasteiger partial charge in [-0.15, -0.1) is 0 Å². The van der Waals surface area contributed by atoms with Gasteiger partial charge in [0.25, 0.3) is 5.91 Å². The number of aromatic nitrogens is 2. The number of ether oxygens (including phenoxy) is 1. The third-order valence-electron chi connectivity index (χ3n) is 5.09. The summed E-state index contributed by atoms with van der Waals surface area (Å²) < 4.78 is 10.4. The minimum Gasteiger partial charge on any atom is -0.497 e. The molecular weight excluding hydrogens is 402 g/mol. The second-order valence-corrected chi connectivity index (χ2v) is 7.14. The van der Waals surface area contributed by atoms with Crippen LogP contribution >= 0.6 is 0 Å². The number of nitrogens with one attached hydrogen (secondary N) is 1. The number of hydrogen-bond donors (Lipinski definition) is 2. The van der Waals surface area contributed by atoms with Gasteiger partial charge in [-0.1, -0.05) is 29.4 Å². The van der Waals surface area contributed by atoms with Crippen LogP contribution in [0.1, 0.15) is 28.7 Å². The number of primary amides is 1. The summed E-state index contributed by atoms with van der Waals surface area (Å²) in [4.78, 5) is 42.4. The molecule has 1 aromatic heterocycles. The van der Waals surface area contributed by atoms with E-state index in [1.165, 1.54) is 12.1 Å². The van der Waals surface area contributed by atoms with Gasteiger partial charge >= 0.3 is 6.03 Å². The Morgan fingerprint density at radius 2 is 2.00 bits per heavy atom. The Morgan fingerprint density at radius 3 is 2.74 bits per heavy atom. The first-order valence-corrected chi connectivity index (χ1v) is 9.33. The average molecular weight is 421 g/mol. The zero-order valence-electron chi connectivity index (χ0n) is 16.8. The summed E-state index contributed by atoms with van der Waals surface area (Å²) in [6.07, 6.45) is 0. The molecule has 1 fully saturated rings. The van der Waals surface area contributed by atoms with Crippen molar-refractivity contribution < 1.29 is 23.6 Å². The smallest absolute Gasteiger partial charge is 0.325 e. The lowest BCUT2D eigenvalue weighted by atomic mass is 9.90. The predicted octanol–water partition coefficient (Wildman–Crippen LogP) is 1.81. The van der Waals surface area contributed by atoms with Crippen molar-refractivity contribution in [3.8, 4) is 17.1 Å². The molecule has 1 unspecified atom stereocenters. The molecule has 2 heterocycles. The highest BCUT2D eigenvalue weighted by Gasteiger charge is 2.49. The van der Waals surface area contributed by atoms with E-state index in [9.17, 15) is 14.4 Å². The van der Waals surface area contributed by atoms with Crippen LogP contribution in [0.5, 0.6) is 5.75 Å². The summed E-state index contributed by atoms with van der Waals surface area (Å²) in [6.45, 7) is 1.36. The third kappa shape index (κ3) is 3.59. The Kier molecular flexibility index (Phi) is 4.90. The summed E-state index contributed by atoms with van der Waals surface area (Å²) >= 11 is 0. The van der Waals surface area contributed by atoms with Gasteiger partial charge in [0, 0.05) is 11.1 Å². The Labute approximate surface area is 177 Å². The molecule has 31 heavy (non-hydrogen) atoms. The minimum absolute atomic E-state index is 0.0939. The maximum atomic E-state index is 13.1. The number of nitrogens with two attached hydrogens (primary N) is 1. The van der Waals surface area contributed by atoms with Crippen molar-refractivity contribution in [2.45, 2.75) is 19.0 Å². The van der Waals surface area contributed by atoms with Gasteiger partial charge in [0.2, 0.25) is 17.6 Å². The van der Waals surface area contributed by atoms with Gasteiger partial charge < -0.3 is 20.3 Å². The van der Waals surface area contributed by atoms with Gasteiger partial charge in [0.15, 0.2) is 0 Å². The Bertz CT molecular complexity index is 1190. The van der Waals surface area contributed by atoms with E-state index in [0.29, 0.717) is 22.7 Å². The molecule has 3 N–H and O–H groups in total. The lowest BCUT2D eigenvalue weighted by Crippen LogP contribution is -2.41. The van der Waals surface area contributed by atoms with E-state index in [1.807, 2.05) is 0 Å². The molecule has 1 saturated heterocycles.